The summed E-state index contributed by atoms with van der Waals surface area (Å²) in [6.45, 7) is 5.92. The quantitative estimate of drug-likeness (QED) is 0.296. The lowest BCUT2D eigenvalue weighted by Crippen LogP contribution is -2.23. The lowest BCUT2D eigenvalue weighted by Gasteiger charge is -2.06. The molecule has 4 heteroatoms. The Balaban J connectivity index is 3.13. The molecule has 0 radical (unpaired) electrons. The third kappa shape index (κ3) is 19.3. The van der Waals surface area contributed by atoms with Crippen LogP contribution in [0.5, 0.6) is 0 Å². The van der Waals surface area contributed by atoms with Crippen molar-refractivity contribution >= 4 is 11.8 Å². The molecule has 2 amide bonds. The van der Waals surface area contributed by atoms with Gasteiger partial charge in [-0.25, -0.2) is 0 Å². The van der Waals surface area contributed by atoms with E-state index in [1.807, 2.05) is 0 Å². The molecule has 0 aromatic rings. The first-order valence-electron chi connectivity index (χ1n) is 11.2. The molecule has 0 spiro atoms. The molecule has 0 aliphatic rings. The Hall–Kier alpha value is -1.06. The Morgan fingerprint density at radius 3 is 1.12 bits per heavy atom. The fourth-order valence-electron chi connectivity index (χ4n) is 2.97. The molecule has 0 heterocycles. The lowest BCUT2D eigenvalue weighted by atomic mass is 10.1. The normalized spacial score (nSPS) is 10.7. The van der Waals surface area contributed by atoms with Gasteiger partial charge in [0.15, 0.2) is 0 Å². The molecule has 154 valence electrons. The van der Waals surface area contributed by atoms with E-state index < -0.39 is 0 Å². The number of unbranched alkanes of at least 4 members (excludes halogenated alkanes) is 11. The van der Waals surface area contributed by atoms with Crippen LogP contribution >= 0.6 is 0 Å². The molecule has 0 saturated carbocycles. The van der Waals surface area contributed by atoms with Gasteiger partial charge in [0.25, 0.3) is 0 Å². The first-order valence-corrected chi connectivity index (χ1v) is 11.2. The largest absolute Gasteiger partial charge is 0.356 e. The average molecular weight is 369 g/mol. The highest BCUT2D eigenvalue weighted by Gasteiger charge is 2.00. The van der Waals surface area contributed by atoms with Crippen molar-refractivity contribution in [3.8, 4) is 0 Å². The molecule has 0 unspecified atom stereocenters. The van der Waals surface area contributed by atoms with Crippen molar-refractivity contribution in [2.24, 2.45) is 0 Å². The maximum Gasteiger partial charge on any atom is 0.219 e. The van der Waals surface area contributed by atoms with Gasteiger partial charge in [-0.15, -0.1) is 0 Å². The number of carbonyl (C=O) groups excluding carboxylic acids is 2. The zero-order valence-corrected chi connectivity index (χ0v) is 17.5. The summed E-state index contributed by atoms with van der Waals surface area (Å²) >= 11 is 0. The molecule has 0 aliphatic carbocycles. The average Bonchev–Trinajstić information content (AvgIpc) is 2.64. The molecule has 0 aliphatic heterocycles. The van der Waals surface area contributed by atoms with Crippen molar-refractivity contribution in [3.05, 3.63) is 0 Å². The van der Waals surface area contributed by atoms with E-state index in [2.05, 4.69) is 24.5 Å². The molecule has 26 heavy (non-hydrogen) atoms. The van der Waals surface area contributed by atoms with E-state index in [1.165, 1.54) is 51.4 Å². The molecule has 0 aromatic carbocycles. The zero-order chi connectivity index (χ0) is 19.3. The van der Waals surface area contributed by atoms with Crippen molar-refractivity contribution in [1.82, 2.24) is 10.6 Å². The van der Waals surface area contributed by atoms with Crippen LogP contribution in [0.2, 0.25) is 0 Å². The van der Waals surface area contributed by atoms with Crippen molar-refractivity contribution < 1.29 is 9.59 Å². The fourth-order valence-corrected chi connectivity index (χ4v) is 2.97. The molecule has 0 bridgehead atoms. The summed E-state index contributed by atoms with van der Waals surface area (Å²) in [6.07, 6.45) is 18.1. The van der Waals surface area contributed by atoms with Gasteiger partial charge in [0, 0.05) is 25.9 Å². The second kappa shape index (κ2) is 20.3. The molecular formula is C22H44N2O2. The second-order valence-electron chi connectivity index (χ2n) is 7.44. The fraction of sp³-hybridized carbons (Fsp3) is 0.909. The highest BCUT2D eigenvalue weighted by atomic mass is 16.2. The zero-order valence-electron chi connectivity index (χ0n) is 17.5. The lowest BCUT2D eigenvalue weighted by molar-refractivity contribution is -0.122. The van der Waals surface area contributed by atoms with Crippen LogP contribution < -0.4 is 10.6 Å². The van der Waals surface area contributed by atoms with E-state index in [1.54, 1.807) is 0 Å². The minimum atomic E-state index is 0.215. The first-order chi connectivity index (χ1) is 12.7. The maximum absolute atomic E-state index is 11.4. The first kappa shape index (κ1) is 24.9. The van der Waals surface area contributed by atoms with Crippen LogP contribution in [-0.4, -0.2) is 24.9 Å². The van der Waals surface area contributed by atoms with E-state index in [-0.39, 0.29) is 11.8 Å². The van der Waals surface area contributed by atoms with Gasteiger partial charge in [-0.1, -0.05) is 78.1 Å². The minimum absolute atomic E-state index is 0.215. The number of nitrogens with one attached hydrogen (secondary N) is 2. The van der Waals surface area contributed by atoms with Crippen LogP contribution in [0, 0.1) is 0 Å². The summed E-state index contributed by atoms with van der Waals surface area (Å²) in [5.41, 5.74) is 0. The Labute approximate surface area is 162 Å². The molecule has 0 rings (SSSR count). The van der Waals surface area contributed by atoms with Gasteiger partial charge in [-0.05, 0) is 25.7 Å². The maximum atomic E-state index is 11.4. The molecule has 4 nitrogen and oxygen atoms in total. The number of amides is 2. The standard InChI is InChI=1S/C22H44N2O2/c1-3-5-17-21(25)23-19-15-13-11-9-7-8-10-12-14-16-20-24-22(26)18-6-4-2/h3-20H2,1-2H3,(H,23,25)(H,24,26). The predicted molar refractivity (Wildman–Crippen MR) is 111 cm³/mol. The third-order valence-electron chi connectivity index (χ3n) is 4.76. The molecule has 2 N–H and O–H groups in total. The smallest absolute Gasteiger partial charge is 0.219 e. The van der Waals surface area contributed by atoms with Crippen molar-refractivity contribution in [2.75, 3.05) is 13.1 Å². The van der Waals surface area contributed by atoms with Gasteiger partial charge in [0.1, 0.15) is 0 Å². The van der Waals surface area contributed by atoms with E-state index in [4.69, 9.17) is 0 Å². The summed E-state index contributed by atoms with van der Waals surface area (Å²) < 4.78 is 0. The summed E-state index contributed by atoms with van der Waals surface area (Å²) in [5.74, 6) is 0.430. The van der Waals surface area contributed by atoms with Crippen LogP contribution in [0.1, 0.15) is 117 Å². The number of hydrogen-bond acceptors (Lipinski definition) is 2. The summed E-state index contributed by atoms with van der Waals surface area (Å²) in [6, 6.07) is 0. The topological polar surface area (TPSA) is 58.2 Å². The Kier molecular flexibility index (Phi) is 19.4. The van der Waals surface area contributed by atoms with E-state index in [0.717, 1.165) is 51.6 Å². The highest BCUT2D eigenvalue weighted by Crippen LogP contribution is 2.10. The van der Waals surface area contributed by atoms with E-state index in [0.29, 0.717) is 12.8 Å². The summed E-state index contributed by atoms with van der Waals surface area (Å²) in [7, 11) is 0. The minimum Gasteiger partial charge on any atom is -0.356 e. The van der Waals surface area contributed by atoms with Gasteiger partial charge in [0.2, 0.25) is 11.8 Å². The van der Waals surface area contributed by atoms with Crippen LogP contribution in [-0.2, 0) is 9.59 Å². The third-order valence-corrected chi connectivity index (χ3v) is 4.76. The Bertz CT molecular complexity index is 300. The number of rotatable bonds is 19. The number of carbonyl (C=O) groups is 2. The Morgan fingerprint density at radius 1 is 0.500 bits per heavy atom. The van der Waals surface area contributed by atoms with Crippen LogP contribution in [0.15, 0.2) is 0 Å². The van der Waals surface area contributed by atoms with Gasteiger partial charge >= 0.3 is 0 Å². The van der Waals surface area contributed by atoms with Crippen LogP contribution in [0.25, 0.3) is 0 Å². The SMILES string of the molecule is CCCCC(=O)NCCCCCCCCCCCCNC(=O)CCCC. The molecule has 0 saturated heterocycles. The monoisotopic (exact) mass is 368 g/mol. The summed E-state index contributed by atoms with van der Waals surface area (Å²) in [4.78, 5) is 22.9. The summed E-state index contributed by atoms with van der Waals surface area (Å²) in [5, 5.41) is 6.01. The second-order valence-corrected chi connectivity index (χ2v) is 7.44. The van der Waals surface area contributed by atoms with Crippen molar-refractivity contribution in [2.45, 2.75) is 117 Å². The molecule has 0 aromatic heterocycles. The molecular weight excluding hydrogens is 324 g/mol. The van der Waals surface area contributed by atoms with Gasteiger partial charge in [-0.3, -0.25) is 9.59 Å². The van der Waals surface area contributed by atoms with E-state index >= 15 is 0 Å². The van der Waals surface area contributed by atoms with Crippen LogP contribution in [0.3, 0.4) is 0 Å². The number of hydrogen-bond donors (Lipinski definition) is 2. The molecule has 0 fully saturated rings. The van der Waals surface area contributed by atoms with Gasteiger partial charge < -0.3 is 10.6 Å². The Morgan fingerprint density at radius 2 is 0.808 bits per heavy atom. The van der Waals surface area contributed by atoms with Crippen molar-refractivity contribution in [3.63, 3.8) is 0 Å². The predicted octanol–water partition coefficient (Wildman–Crippen LogP) is 5.50. The highest BCUT2D eigenvalue weighted by molar-refractivity contribution is 5.76. The van der Waals surface area contributed by atoms with Gasteiger partial charge in [-0.2, -0.15) is 0 Å². The van der Waals surface area contributed by atoms with Gasteiger partial charge in [0.05, 0.1) is 0 Å². The molecule has 0 atom stereocenters. The van der Waals surface area contributed by atoms with Crippen molar-refractivity contribution in [1.29, 1.82) is 0 Å². The van der Waals surface area contributed by atoms with E-state index in [9.17, 15) is 9.59 Å². The van der Waals surface area contributed by atoms with Crippen LogP contribution in [0.4, 0.5) is 0 Å².